The highest BCUT2D eigenvalue weighted by molar-refractivity contribution is 5.69. The van der Waals surface area contributed by atoms with Gasteiger partial charge in [0.1, 0.15) is 5.72 Å². The molecule has 0 spiro atoms. The summed E-state index contributed by atoms with van der Waals surface area (Å²) >= 11 is 0. The van der Waals surface area contributed by atoms with E-state index < -0.39 is 17.8 Å². The minimum absolute atomic E-state index is 0.0116. The number of carbonyl (C=O) groups is 1. The largest absolute Gasteiger partial charge is 0.481 e. The summed E-state index contributed by atoms with van der Waals surface area (Å²) in [4.78, 5) is 12.1. The molecule has 0 heterocycles. The van der Waals surface area contributed by atoms with Gasteiger partial charge in [-0.15, -0.1) is 0 Å². The van der Waals surface area contributed by atoms with Crippen LogP contribution in [-0.2, 0) is 4.79 Å². The van der Waals surface area contributed by atoms with E-state index in [1.165, 1.54) is 25.7 Å². The molecule has 0 radical (unpaired) electrons. The number of carboxylic acids is 1. The van der Waals surface area contributed by atoms with Gasteiger partial charge in [0, 0.05) is 0 Å². The van der Waals surface area contributed by atoms with Crippen LogP contribution in [0.15, 0.2) is 0 Å². The summed E-state index contributed by atoms with van der Waals surface area (Å²) in [7, 11) is 3.51. The molecule has 3 atom stereocenters. The van der Waals surface area contributed by atoms with E-state index in [9.17, 15) is 15.0 Å². The first-order valence-electron chi connectivity index (χ1n) is 8.82. The summed E-state index contributed by atoms with van der Waals surface area (Å²) in [5.74, 6) is -0.811. The van der Waals surface area contributed by atoms with Gasteiger partial charge in [-0.1, -0.05) is 59.8 Å². The Morgan fingerprint density at radius 3 is 1.78 bits per heavy atom. The zero-order valence-electron chi connectivity index (χ0n) is 16.2. The summed E-state index contributed by atoms with van der Waals surface area (Å²) < 4.78 is 0. The normalized spacial score (nSPS) is 16.5. The maximum absolute atomic E-state index is 10.4. The SMILES string of the molecule is CC(C)C(O)(C(C)O)N(C)C.CCCCCCCC(C)C(=O)O. The summed E-state index contributed by atoms with van der Waals surface area (Å²) in [6, 6.07) is 0. The van der Waals surface area contributed by atoms with E-state index >= 15 is 0 Å². The zero-order valence-corrected chi connectivity index (χ0v) is 16.2. The average molecular weight is 334 g/mol. The maximum Gasteiger partial charge on any atom is 0.306 e. The fraction of sp³-hybridized carbons (Fsp3) is 0.944. The van der Waals surface area contributed by atoms with Crippen LogP contribution in [0.2, 0.25) is 0 Å². The third-order valence-electron chi connectivity index (χ3n) is 4.34. The van der Waals surface area contributed by atoms with E-state index in [4.69, 9.17) is 5.11 Å². The third kappa shape index (κ3) is 9.95. The third-order valence-corrected chi connectivity index (χ3v) is 4.34. The predicted octanol–water partition coefficient (Wildman–Crippen LogP) is 3.34. The van der Waals surface area contributed by atoms with Crippen LogP contribution in [0.25, 0.3) is 0 Å². The number of hydrogen-bond acceptors (Lipinski definition) is 4. The molecule has 3 unspecified atom stereocenters. The smallest absolute Gasteiger partial charge is 0.306 e. The second-order valence-electron chi connectivity index (χ2n) is 6.95. The Labute approximate surface area is 142 Å². The summed E-state index contributed by atoms with van der Waals surface area (Å²) in [5, 5.41) is 27.8. The van der Waals surface area contributed by atoms with E-state index in [-0.39, 0.29) is 11.8 Å². The number of nitrogens with zero attached hydrogens (tertiary/aromatic N) is 1. The van der Waals surface area contributed by atoms with Crippen molar-refractivity contribution in [2.75, 3.05) is 14.1 Å². The lowest BCUT2D eigenvalue weighted by Crippen LogP contribution is -2.56. The van der Waals surface area contributed by atoms with Crippen LogP contribution in [0.3, 0.4) is 0 Å². The van der Waals surface area contributed by atoms with Crippen molar-refractivity contribution >= 4 is 5.97 Å². The molecule has 0 saturated heterocycles. The van der Waals surface area contributed by atoms with Crippen molar-refractivity contribution < 1.29 is 20.1 Å². The van der Waals surface area contributed by atoms with Crippen LogP contribution in [0.4, 0.5) is 0 Å². The van der Waals surface area contributed by atoms with Crippen molar-refractivity contribution in [3.8, 4) is 0 Å². The number of rotatable bonds is 10. The molecule has 0 aliphatic carbocycles. The Bertz CT molecular complexity index is 282. The number of hydrogen-bond donors (Lipinski definition) is 3. The molecule has 0 saturated carbocycles. The van der Waals surface area contributed by atoms with Gasteiger partial charge in [-0.05, 0) is 33.4 Å². The Hall–Kier alpha value is -0.650. The lowest BCUT2D eigenvalue weighted by atomic mass is 9.93. The zero-order chi connectivity index (χ0) is 18.6. The van der Waals surface area contributed by atoms with E-state index in [0.717, 1.165) is 12.8 Å². The molecule has 23 heavy (non-hydrogen) atoms. The summed E-state index contributed by atoms with van der Waals surface area (Å²) in [6.07, 6.45) is 6.12. The fourth-order valence-corrected chi connectivity index (χ4v) is 2.55. The van der Waals surface area contributed by atoms with E-state index in [0.29, 0.717) is 0 Å². The van der Waals surface area contributed by atoms with Gasteiger partial charge in [-0.25, -0.2) is 0 Å². The van der Waals surface area contributed by atoms with Crippen LogP contribution in [0, 0.1) is 11.8 Å². The van der Waals surface area contributed by atoms with Gasteiger partial charge in [-0.3, -0.25) is 9.69 Å². The molecule has 0 aromatic rings. The first kappa shape index (κ1) is 24.6. The summed E-state index contributed by atoms with van der Waals surface area (Å²) in [6.45, 7) is 9.32. The molecule has 140 valence electrons. The summed E-state index contributed by atoms with van der Waals surface area (Å²) in [5.41, 5.74) is -1.11. The molecular weight excluding hydrogens is 294 g/mol. The van der Waals surface area contributed by atoms with Crippen LogP contribution in [0.1, 0.15) is 73.1 Å². The van der Waals surface area contributed by atoms with Crippen LogP contribution in [0.5, 0.6) is 0 Å². The predicted molar refractivity (Wildman–Crippen MR) is 95.3 cm³/mol. The van der Waals surface area contributed by atoms with E-state index in [2.05, 4.69) is 6.92 Å². The number of aliphatic hydroxyl groups excluding tert-OH is 1. The van der Waals surface area contributed by atoms with Crippen molar-refractivity contribution in [2.45, 2.75) is 85.0 Å². The topological polar surface area (TPSA) is 81.0 Å². The number of carboxylic acid groups (broad SMARTS) is 1. The van der Waals surface area contributed by atoms with Crippen molar-refractivity contribution in [3.05, 3.63) is 0 Å². The second kappa shape index (κ2) is 12.7. The molecule has 5 nitrogen and oxygen atoms in total. The molecule has 0 amide bonds. The van der Waals surface area contributed by atoms with E-state index in [1.807, 2.05) is 13.8 Å². The highest BCUT2D eigenvalue weighted by Gasteiger charge is 2.38. The van der Waals surface area contributed by atoms with Gasteiger partial charge in [0.25, 0.3) is 0 Å². The highest BCUT2D eigenvalue weighted by Crippen LogP contribution is 2.23. The average Bonchev–Trinajstić information content (AvgIpc) is 2.45. The molecule has 0 bridgehead atoms. The van der Waals surface area contributed by atoms with Crippen molar-refractivity contribution in [1.29, 1.82) is 0 Å². The maximum atomic E-state index is 10.4. The molecule has 0 aromatic heterocycles. The molecule has 5 heteroatoms. The van der Waals surface area contributed by atoms with Gasteiger partial charge < -0.3 is 15.3 Å². The number of unbranched alkanes of at least 4 members (excludes halogenated alkanes) is 4. The molecule has 0 rings (SSSR count). The van der Waals surface area contributed by atoms with Crippen LogP contribution < -0.4 is 0 Å². The number of aliphatic carboxylic acids is 1. The van der Waals surface area contributed by atoms with E-state index in [1.54, 1.807) is 32.8 Å². The number of likely N-dealkylation sites (N-methyl/N-ethyl adjacent to an activating group) is 1. The molecule has 0 fully saturated rings. The lowest BCUT2D eigenvalue weighted by molar-refractivity contribution is -0.183. The Morgan fingerprint density at radius 2 is 1.52 bits per heavy atom. The van der Waals surface area contributed by atoms with Crippen LogP contribution >= 0.6 is 0 Å². The Kier molecular flexibility index (Phi) is 13.6. The molecule has 0 aliphatic heterocycles. The second-order valence-corrected chi connectivity index (χ2v) is 6.95. The van der Waals surface area contributed by atoms with Crippen molar-refractivity contribution in [1.82, 2.24) is 4.90 Å². The first-order valence-corrected chi connectivity index (χ1v) is 8.82. The molecule has 0 aromatic carbocycles. The molecule has 0 aliphatic rings. The molecule has 3 N–H and O–H groups in total. The van der Waals surface area contributed by atoms with Crippen LogP contribution in [-0.4, -0.2) is 52.1 Å². The van der Waals surface area contributed by atoms with Gasteiger partial charge in [-0.2, -0.15) is 0 Å². The standard InChI is InChI=1S/C10H20O2.C8H19NO2/c1-3-4-5-6-7-8-9(2)10(11)12;1-6(2)8(11,7(3)10)9(4)5/h9H,3-8H2,1-2H3,(H,11,12);6-7,10-11H,1-5H3. The molecular formula is C18H39NO4. The van der Waals surface area contributed by atoms with Gasteiger partial charge in [0.05, 0.1) is 12.0 Å². The Morgan fingerprint density at radius 1 is 1.04 bits per heavy atom. The van der Waals surface area contributed by atoms with Gasteiger partial charge >= 0.3 is 5.97 Å². The minimum Gasteiger partial charge on any atom is -0.481 e. The number of aliphatic hydroxyl groups is 2. The van der Waals surface area contributed by atoms with Crippen molar-refractivity contribution in [3.63, 3.8) is 0 Å². The lowest BCUT2D eigenvalue weighted by Gasteiger charge is -2.40. The van der Waals surface area contributed by atoms with Gasteiger partial charge in [0.2, 0.25) is 0 Å². The monoisotopic (exact) mass is 333 g/mol. The highest BCUT2D eigenvalue weighted by atomic mass is 16.4. The quantitative estimate of drug-likeness (QED) is 0.422. The first-order chi connectivity index (χ1) is 10.5. The fourth-order valence-electron chi connectivity index (χ4n) is 2.55. The van der Waals surface area contributed by atoms with Crippen molar-refractivity contribution in [2.24, 2.45) is 11.8 Å². The minimum atomic E-state index is -1.11. The van der Waals surface area contributed by atoms with Gasteiger partial charge in [0.15, 0.2) is 0 Å². The Balaban J connectivity index is 0.